The molecule has 0 saturated heterocycles. The van der Waals surface area contributed by atoms with Gasteiger partial charge in [0, 0.05) is 50.3 Å². The van der Waals surface area contributed by atoms with Crippen LogP contribution in [0.15, 0.2) is 91.1 Å². The number of nitrogens with zero attached hydrogens (tertiary/aromatic N) is 4. The first-order valence-electron chi connectivity index (χ1n) is 14.8. The van der Waals surface area contributed by atoms with E-state index in [2.05, 4.69) is 128 Å². The molecule has 0 radical (unpaired) electrons. The van der Waals surface area contributed by atoms with E-state index in [1.54, 1.807) is 0 Å². The van der Waals surface area contributed by atoms with Crippen LogP contribution in [0.25, 0.3) is 65.5 Å². The van der Waals surface area contributed by atoms with Crippen molar-refractivity contribution in [2.45, 2.75) is 40.0 Å². The molecule has 0 aliphatic rings. The first kappa shape index (κ1) is 24.4. The lowest BCUT2D eigenvalue weighted by molar-refractivity contribution is 0.484. The maximum Gasteiger partial charge on any atom is 0.145 e. The Labute approximate surface area is 248 Å². The average Bonchev–Trinajstić information content (AvgIpc) is 3.63. The van der Waals surface area contributed by atoms with E-state index in [1.807, 2.05) is 6.20 Å². The Hall–Kier alpha value is -5.16. The number of benzene rings is 4. The minimum Gasteiger partial charge on any atom is -0.457 e. The van der Waals surface area contributed by atoms with Gasteiger partial charge in [-0.3, -0.25) is 8.80 Å². The number of hydrogen-bond donors (Lipinski definition) is 0. The van der Waals surface area contributed by atoms with Gasteiger partial charge >= 0.3 is 0 Å². The van der Waals surface area contributed by atoms with Gasteiger partial charge in [-0.15, -0.1) is 0 Å². The summed E-state index contributed by atoms with van der Waals surface area (Å²) in [5, 5.41) is 8.39. The fourth-order valence-corrected chi connectivity index (χ4v) is 7.17. The Balaban J connectivity index is 1.26. The van der Waals surface area contributed by atoms with Crippen molar-refractivity contribution in [3.63, 3.8) is 0 Å². The van der Waals surface area contributed by atoms with Crippen LogP contribution in [-0.4, -0.2) is 18.8 Å². The molecular formula is C38H30N4O. The Kier molecular flexibility index (Phi) is 4.68. The molecule has 5 aromatic heterocycles. The molecule has 4 aromatic carbocycles. The topological polar surface area (TPSA) is 43.8 Å². The highest BCUT2D eigenvalue weighted by Crippen LogP contribution is 2.43. The molecule has 0 saturated carbocycles. The van der Waals surface area contributed by atoms with Gasteiger partial charge in [0.2, 0.25) is 0 Å². The van der Waals surface area contributed by atoms with Crippen LogP contribution in [0.5, 0.6) is 11.5 Å². The van der Waals surface area contributed by atoms with E-state index in [4.69, 9.17) is 14.7 Å². The summed E-state index contributed by atoms with van der Waals surface area (Å²) in [5.41, 5.74) is 8.96. The van der Waals surface area contributed by atoms with Crippen LogP contribution in [0.2, 0.25) is 0 Å². The molecule has 0 bridgehead atoms. The molecule has 0 fully saturated rings. The standard InChI is InChI=1S/C38H30N4O/c1-21-22(2)41-32-12-7-6-9-26(32)25-15-13-23(19-30(25)36(41)40-21)43-24-14-16-27-28-10-8-11-29-34-31(38(3,4)5)17-18-39-37(34)42(35(28)29)33(27)20-24/h6-20H,1-5H3. The predicted octanol–water partition coefficient (Wildman–Crippen LogP) is 9.89. The molecule has 0 aliphatic heterocycles. The number of rotatable bonds is 2. The highest BCUT2D eigenvalue weighted by molar-refractivity contribution is 6.23. The Morgan fingerprint density at radius 2 is 1.35 bits per heavy atom. The molecular weight excluding hydrogens is 528 g/mol. The fourth-order valence-electron chi connectivity index (χ4n) is 7.17. The average molecular weight is 559 g/mol. The van der Waals surface area contributed by atoms with Crippen LogP contribution in [0.3, 0.4) is 0 Å². The van der Waals surface area contributed by atoms with E-state index in [-0.39, 0.29) is 5.41 Å². The molecule has 43 heavy (non-hydrogen) atoms. The number of aromatic nitrogens is 4. The zero-order valence-electron chi connectivity index (χ0n) is 24.9. The van der Waals surface area contributed by atoms with E-state index in [0.717, 1.165) is 45.1 Å². The second-order valence-corrected chi connectivity index (χ2v) is 12.8. The second kappa shape index (κ2) is 8.23. The Morgan fingerprint density at radius 1 is 0.628 bits per heavy atom. The van der Waals surface area contributed by atoms with Gasteiger partial charge in [0.1, 0.15) is 22.8 Å². The third-order valence-electron chi connectivity index (χ3n) is 9.23. The largest absolute Gasteiger partial charge is 0.457 e. The number of ether oxygens (including phenoxy) is 1. The van der Waals surface area contributed by atoms with Gasteiger partial charge in [-0.25, -0.2) is 9.97 Å². The maximum atomic E-state index is 6.60. The molecule has 0 N–H and O–H groups in total. The number of para-hydroxylation sites is 2. The first-order valence-corrected chi connectivity index (χ1v) is 14.8. The molecule has 0 unspecified atom stereocenters. The summed E-state index contributed by atoms with van der Waals surface area (Å²) in [6, 6.07) is 30.1. The lowest BCUT2D eigenvalue weighted by Crippen LogP contribution is -2.11. The molecule has 0 atom stereocenters. The van der Waals surface area contributed by atoms with Crippen LogP contribution in [0, 0.1) is 13.8 Å². The molecule has 0 spiro atoms. The zero-order chi connectivity index (χ0) is 29.2. The highest BCUT2D eigenvalue weighted by Gasteiger charge is 2.24. The molecule has 5 heterocycles. The van der Waals surface area contributed by atoms with Crippen molar-refractivity contribution in [2.24, 2.45) is 0 Å². The predicted molar refractivity (Wildman–Crippen MR) is 177 cm³/mol. The third-order valence-corrected chi connectivity index (χ3v) is 9.23. The summed E-state index contributed by atoms with van der Waals surface area (Å²) in [4.78, 5) is 9.89. The van der Waals surface area contributed by atoms with Gasteiger partial charge in [-0.2, -0.15) is 0 Å². The number of aryl methyl sites for hydroxylation is 2. The van der Waals surface area contributed by atoms with Crippen molar-refractivity contribution in [1.82, 2.24) is 18.8 Å². The summed E-state index contributed by atoms with van der Waals surface area (Å²) < 4.78 is 11.2. The Bertz CT molecular complexity index is 2600. The molecule has 5 heteroatoms. The van der Waals surface area contributed by atoms with Gasteiger partial charge in [0.15, 0.2) is 0 Å². The van der Waals surface area contributed by atoms with Crippen molar-refractivity contribution < 1.29 is 4.74 Å². The fraction of sp³-hybridized carbons (Fsp3) is 0.158. The second-order valence-electron chi connectivity index (χ2n) is 12.8. The zero-order valence-corrected chi connectivity index (χ0v) is 24.9. The summed E-state index contributed by atoms with van der Waals surface area (Å²) in [6.45, 7) is 11.0. The van der Waals surface area contributed by atoms with E-state index < -0.39 is 0 Å². The first-order chi connectivity index (χ1) is 20.8. The van der Waals surface area contributed by atoms with Crippen molar-refractivity contribution in [3.05, 3.63) is 108 Å². The van der Waals surface area contributed by atoms with Crippen LogP contribution in [0.4, 0.5) is 0 Å². The van der Waals surface area contributed by atoms with E-state index >= 15 is 0 Å². The smallest absolute Gasteiger partial charge is 0.145 e. The van der Waals surface area contributed by atoms with Crippen molar-refractivity contribution >= 4 is 65.5 Å². The number of pyridine rings is 2. The van der Waals surface area contributed by atoms with Crippen LogP contribution >= 0.6 is 0 Å². The van der Waals surface area contributed by atoms with E-state index in [1.165, 1.54) is 48.9 Å². The Morgan fingerprint density at radius 3 is 2.19 bits per heavy atom. The van der Waals surface area contributed by atoms with Crippen molar-refractivity contribution in [1.29, 1.82) is 0 Å². The van der Waals surface area contributed by atoms with Crippen LogP contribution in [-0.2, 0) is 5.41 Å². The quantitative estimate of drug-likeness (QED) is 0.198. The molecule has 9 rings (SSSR count). The van der Waals surface area contributed by atoms with Gasteiger partial charge in [0.05, 0.1) is 22.2 Å². The molecule has 5 nitrogen and oxygen atoms in total. The van der Waals surface area contributed by atoms with Crippen LogP contribution in [0.1, 0.15) is 37.7 Å². The third kappa shape index (κ3) is 3.22. The van der Waals surface area contributed by atoms with Crippen molar-refractivity contribution in [3.8, 4) is 11.5 Å². The van der Waals surface area contributed by atoms with Gasteiger partial charge in [0.25, 0.3) is 0 Å². The maximum absolute atomic E-state index is 6.60. The highest BCUT2D eigenvalue weighted by atomic mass is 16.5. The molecule has 208 valence electrons. The minimum absolute atomic E-state index is 0.00204. The summed E-state index contributed by atoms with van der Waals surface area (Å²) in [6.07, 6.45) is 1.95. The van der Waals surface area contributed by atoms with E-state index in [0.29, 0.717) is 0 Å². The molecule has 9 aromatic rings. The lowest BCUT2D eigenvalue weighted by atomic mass is 9.85. The van der Waals surface area contributed by atoms with Crippen molar-refractivity contribution in [2.75, 3.05) is 0 Å². The van der Waals surface area contributed by atoms with Crippen LogP contribution < -0.4 is 4.74 Å². The van der Waals surface area contributed by atoms with Gasteiger partial charge in [-0.1, -0.05) is 57.2 Å². The summed E-state index contributed by atoms with van der Waals surface area (Å²) >= 11 is 0. The van der Waals surface area contributed by atoms with Gasteiger partial charge in [-0.05, 0) is 72.7 Å². The lowest BCUT2D eigenvalue weighted by Gasteiger charge is -2.20. The minimum atomic E-state index is 0.00204. The SMILES string of the molecule is Cc1nc2c3cc(Oc4ccc5c6cccc7c8c(C(C)(C)C)ccnc8n(c5c4)c67)ccc3c3ccccc3n2c1C. The molecule has 0 aliphatic carbocycles. The molecule has 0 amide bonds. The number of hydrogen-bond acceptors (Lipinski definition) is 3. The normalized spacial score (nSPS) is 12.8. The summed E-state index contributed by atoms with van der Waals surface area (Å²) in [7, 11) is 0. The summed E-state index contributed by atoms with van der Waals surface area (Å²) in [5.74, 6) is 1.58. The monoisotopic (exact) mass is 558 g/mol. The number of imidazole rings is 1. The van der Waals surface area contributed by atoms with Gasteiger partial charge < -0.3 is 4.74 Å². The number of fused-ring (bicyclic) bond motifs is 12. The van der Waals surface area contributed by atoms with E-state index in [9.17, 15) is 0 Å².